The van der Waals surface area contributed by atoms with Gasteiger partial charge in [-0.25, -0.2) is 4.99 Å². The van der Waals surface area contributed by atoms with Crippen LogP contribution in [0.15, 0.2) is 29.3 Å². The minimum atomic E-state index is -0.742. The van der Waals surface area contributed by atoms with E-state index >= 15 is 0 Å². The number of nitrogens with zero attached hydrogens (tertiary/aromatic N) is 3. The van der Waals surface area contributed by atoms with Crippen molar-refractivity contribution in [2.45, 2.75) is 63.1 Å². The Morgan fingerprint density at radius 3 is 2.83 bits per heavy atom. The third-order valence-corrected chi connectivity index (χ3v) is 9.00. The summed E-state index contributed by atoms with van der Waals surface area (Å²) in [5.74, 6) is -0.119. The molecule has 1 N–H and O–H groups in total. The van der Waals surface area contributed by atoms with Gasteiger partial charge in [-0.2, -0.15) is 0 Å². The molecule has 2 aromatic carbocycles. The SMILES string of the molecule is CN[C@@H]1CC2O[C@@](C)([C@@H]1OC)n1c3ccccc3c3c4c(c5c6c(n2c5c31)CCCC6)C(=O)N=C4. The highest BCUT2D eigenvalue weighted by Crippen LogP contribution is 2.53. The smallest absolute Gasteiger partial charge is 0.278 e. The fourth-order valence-corrected chi connectivity index (χ4v) is 7.73. The second-order valence-corrected chi connectivity index (χ2v) is 10.6. The van der Waals surface area contributed by atoms with Crippen molar-refractivity contribution in [1.82, 2.24) is 14.5 Å². The molecule has 1 aliphatic carbocycles. The second-order valence-electron chi connectivity index (χ2n) is 10.6. The first kappa shape index (κ1) is 20.2. The number of carbonyl (C=O) groups is 1. The van der Waals surface area contributed by atoms with E-state index in [4.69, 9.17) is 9.47 Å². The number of ether oxygens (including phenoxy) is 2. The van der Waals surface area contributed by atoms with E-state index in [0.717, 1.165) is 75.9 Å². The van der Waals surface area contributed by atoms with Crippen molar-refractivity contribution in [2.75, 3.05) is 14.2 Å². The number of methoxy groups -OCH3 is 1. The minimum absolute atomic E-state index is 0.112. The number of amides is 1. The molecule has 0 radical (unpaired) electrons. The molecule has 5 heterocycles. The quantitative estimate of drug-likeness (QED) is 0.473. The largest absolute Gasteiger partial charge is 0.375 e. The molecule has 7 nitrogen and oxygen atoms in total. The van der Waals surface area contributed by atoms with E-state index in [1.807, 2.05) is 7.05 Å². The zero-order valence-corrected chi connectivity index (χ0v) is 20.2. The number of nitrogens with one attached hydrogen (secondary N) is 1. The van der Waals surface area contributed by atoms with Crippen molar-refractivity contribution in [2.24, 2.45) is 4.99 Å². The lowest BCUT2D eigenvalue weighted by Crippen LogP contribution is -2.59. The fraction of sp³-hybridized carbons (Fsp3) is 0.429. The van der Waals surface area contributed by atoms with Gasteiger partial charge in [0.05, 0.1) is 22.1 Å². The van der Waals surface area contributed by atoms with E-state index in [1.54, 1.807) is 13.3 Å². The maximum absolute atomic E-state index is 13.3. The molecule has 8 rings (SSSR count). The first-order chi connectivity index (χ1) is 17.1. The number of aromatic nitrogens is 2. The van der Waals surface area contributed by atoms with Crippen molar-refractivity contribution < 1.29 is 14.3 Å². The van der Waals surface area contributed by atoms with Crippen LogP contribution < -0.4 is 5.32 Å². The molecular formula is C28H28N4O3. The highest BCUT2D eigenvalue weighted by Gasteiger charge is 2.53. The number of hydrogen-bond donors (Lipinski definition) is 1. The van der Waals surface area contributed by atoms with Crippen molar-refractivity contribution in [3.8, 4) is 0 Å². The van der Waals surface area contributed by atoms with E-state index in [1.165, 1.54) is 11.3 Å². The van der Waals surface area contributed by atoms with Gasteiger partial charge < -0.3 is 23.9 Å². The highest BCUT2D eigenvalue weighted by atomic mass is 16.6. The number of benzene rings is 2. The van der Waals surface area contributed by atoms with Crippen LogP contribution in [0.5, 0.6) is 0 Å². The van der Waals surface area contributed by atoms with Crippen LogP contribution in [-0.4, -0.2) is 47.6 Å². The van der Waals surface area contributed by atoms with Gasteiger partial charge in [0.25, 0.3) is 5.91 Å². The molecule has 4 aromatic rings. The van der Waals surface area contributed by atoms with Crippen LogP contribution in [0.3, 0.4) is 0 Å². The van der Waals surface area contributed by atoms with Gasteiger partial charge in [0.2, 0.25) is 0 Å². The number of likely N-dealkylation sites (N-methyl/N-ethyl adjacent to an activating group) is 1. The van der Waals surface area contributed by atoms with Crippen LogP contribution in [-0.2, 0) is 28.0 Å². The minimum Gasteiger partial charge on any atom is -0.375 e. The van der Waals surface area contributed by atoms with Crippen LogP contribution in [0, 0.1) is 0 Å². The van der Waals surface area contributed by atoms with Gasteiger partial charge in [0.15, 0.2) is 5.72 Å². The topological polar surface area (TPSA) is 69.8 Å². The van der Waals surface area contributed by atoms with Gasteiger partial charge in [0, 0.05) is 53.2 Å². The van der Waals surface area contributed by atoms with Crippen molar-refractivity contribution in [3.05, 3.63) is 46.6 Å². The molecule has 0 saturated carbocycles. The number of hydrogen-bond acceptors (Lipinski definition) is 4. The van der Waals surface area contributed by atoms with Crippen LogP contribution >= 0.6 is 0 Å². The molecule has 1 saturated heterocycles. The van der Waals surface area contributed by atoms with Crippen LogP contribution in [0.25, 0.3) is 32.7 Å². The lowest BCUT2D eigenvalue weighted by Gasteiger charge is -2.48. The van der Waals surface area contributed by atoms with E-state index in [9.17, 15) is 4.79 Å². The highest BCUT2D eigenvalue weighted by molar-refractivity contribution is 6.33. The summed E-state index contributed by atoms with van der Waals surface area (Å²) in [5, 5.41) is 6.86. The number of aryl methyl sites for hydroxylation is 1. The summed E-state index contributed by atoms with van der Waals surface area (Å²) in [6, 6.07) is 8.59. The van der Waals surface area contributed by atoms with Gasteiger partial charge in [-0.1, -0.05) is 18.2 Å². The Balaban J connectivity index is 1.69. The molecule has 7 heteroatoms. The van der Waals surface area contributed by atoms with Crippen LogP contribution in [0.2, 0.25) is 0 Å². The molecule has 4 aliphatic rings. The lowest BCUT2D eigenvalue weighted by molar-refractivity contribution is -0.257. The Kier molecular flexibility index (Phi) is 3.81. The van der Waals surface area contributed by atoms with Crippen LogP contribution in [0.4, 0.5) is 0 Å². The number of fused-ring (bicyclic) bond motifs is 13. The zero-order valence-electron chi connectivity index (χ0n) is 20.2. The Labute approximate surface area is 202 Å². The molecule has 4 atom stereocenters. The first-order valence-corrected chi connectivity index (χ1v) is 12.7. The molecule has 35 heavy (non-hydrogen) atoms. The third kappa shape index (κ3) is 2.19. The predicted molar refractivity (Wildman–Crippen MR) is 136 cm³/mol. The van der Waals surface area contributed by atoms with Crippen LogP contribution in [0.1, 0.15) is 59.6 Å². The maximum Gasteiger partial charge on any atom is 0.278 e. The van der Waals surface area contributed by atoms with E-state index < -0.39 is 5.72 Å². The molecule has 178 valence electrons. The van der Waals surface area contributed by atoms with Gasteiger partial charge in [-0.3, -0.25) is 4.79 Å². The monoisotopic (exact) mass is 468 g/mol. The summed E-state index contributed by atoms with van der Waals surface area (Å²) < 4.78 is 18.1. The summed E-state index contributed by atoms with van der Waals surface area (Å²) in [4.78, 5) is 17.6. The third-order valence-electron chi connectivity index (χ3n) is 9.00. The van der Waals surface area contributed by atoms with Crippen molar-refractivity contribution in [1.29, 1.82) is 0 Å². The molecule has 2 bridgehead atoms. The van der Waals surface area contributed by atoms with Gasteiger partial charge >= 0.3 is 0 Å². The zero-order chi connectivity index (χ0) is 23.6. The average Bonchev–Trinajstić information content (AvgIpc) is 3.51. The summed E-state index contributed by atoms with van der Waals surface area (Å²) in [6.45, 7) is 2.17. The lowest BCUT2D eigenvalue weighted by atomic mass is 9.90. The molecule has 3 aliphatic heterocycles. The van der Waals surface area contributed by atoms with Gasteiger partial charge in [0.1, 0.15) is 12.3 Å². The Bertz CT molecular complexity index is 1640. The Hall–Kier alpha value is -3.00. The molecule has 2 aromatic heterocycles. The molecule has 1 amide bonds. The second kappa shape index (κ2) is 6.60. The van der Waals surface area contributed by atoms with E-state index in [2.05, 4.69) is 50.6 Å². The number of carbonyl (C=O) groups excluding carboxylic acids is 1. The Morgan fingerprint density at radius 2 is 2.00 bits per heavy atom. The number of rotatable bonds is 2. The van der Waals surface area contributed by atoms with Crippen molar-refractivity contribution >= 4 is 44.8 Å². The maximum atomic E-state index is 13.3. The number of para-hydroxylation sites is 1. The summed E-state index contributed by atoms with van der Waals surface area (Å²) in [7, 11) is 3.79. The van der Waals surface area contributed by atoms with E-state index in [0.29, 0.717) is 0 Å². The van der Waals surface area contributed by atoms with Gasteiger partial charge in [-0.05, 0) is 51.3 Å². The fourth-order valence-electron chi connectivity index (χ4n) is 7.73. The Morgan fingerprint density at radius 1 is 1.17 bits per heavy atom. The summed E-state index contributed by atoms with van der Waals surface area (Å²) in [6.07, 6.45) is 6.54. The summed E-state index contributed by atoms with van der Waals surface area (Å²) >= 11 is 0. The van der Waals surface area contributed by atoms with Gasteiger partial charge in [-0.15, -0.1) is 0 Å². The first-order valence-electron chi connectivity index (χ1n) is 12.7. The average molecular weight is 469 g/mol. The standard InChI is InChI=1S/C28H28N4O3/c1-28-26(34-3)17(29-2)12-20(35-28)31-18-10-6-4-8-14(18)22-23-16(13-30-27(23)33)21-15-9-5-7-11-19(15)32(28)25(21)24(22)31/h5,7,9,11,13,17,20,26,29H,4,6,8,10,12H2,1-3H3/t17-,20?,26-,28+/m1/s1. The molecule has 1 fully saturated rings. The molecule has 0 spiro atoms. The number of aliphatic imine (C=N–C) groups is 1. The molecule has 1 unspecified atom stereocenters. The van der Waals surface area contributed by atoms with E-state index in [-0.39, 0.29) is 24.3 Å². The normalized spacial score (nSPS) is 28.9. The predicted octanol–water partition coefficient (Wildman–Crippen LogP) is 4.41. The summed E-state index contributed by atoms with van der Waals surface area (Å²) in [5.41, 5.74) is 7.02. The molecular weight excluding hydrogens is 440 g/mol. The van der Waals surface area contributed by atoms with Crippen molar-refractivity contribution in [3.63, 3.8) is 0 Å².